The van der Waals surface area contributed by atoms with Crippen LogP contribution in [0.4, 0.5) is 0 Å². The van der Waals surface area contributed by atoms with Crippen LogP contribution >= 0.6 is 0 Å². The van der Waals surface area contributed by atoms with Crippen molar-refractivity contribution < 1.29 is 48.5 Å². The summed E-state index contributed by atoms with van der Waals surface area (Å²) >= 11 is 0. The van der Waals surface area contributed by atoms with Gasteiger partial charge in [-0.1, -0.05) is 60.7 Å². The van der Waals surface area contributed by atoms with Crippen LogP contribution in [0, 0.1) is 11.8 Å². The number of aliphatic hydroxyl groups is 2. The first-order valence-corrected chi connectivity index (χ1v) is 23.3. The van der Waals surface area contributed by atoms with Gasteiger partial charge >= 0.3 is 0 Å². The molecule has 8 N–H and O–H groups in total. The molecule has 1 saturated heterocycles. The van der Waals surface area contributed by atoms with Gasteiger partial charge in [0.05, 0.1) is 42.4 Å². The van der Waals surface area contributed by atoms with Crippen LogP contribution in [0.5, 0.6) is 0 Å². The van der Waals surface area contributed by atoms with Crippen LogP contribution in [-0.2, 0) is 38.2 Å². The van der Waals surface area contributed by atoms with Crippen LogP contribution in [-0.4, -0.2) is 180 Å². The second-order valence-corrected chi connectivity index (χ2v) is 17.5. The zero-order chi connectivity index (χ0) is 50.5. The molecule has 1 aliphatic carbocycles. The first kappa shape index (κ1) is 52.7. The minimum atomic E-state index is -1.26. The summed E-state index contributed by atoms with van der Waals surface area (Å²) in [5.74, 6) is -4.79. The van der Waals surface area contributed by atoms with E-state index in [9.17, 15) is 39.0 Å². The minimum absolute atomic E-state index is 0.00922. The number of Topliss-reactive ketones (excluding diaryl/α,β-unsaturated/α-hetero) is 1. The second-order valence-electron chi connectivity index (χ2n) is 17.5. The molecule has 2 aromatic carbocycles. The number of tetrazole rings is 2. The molecular formula is C45H63N15O10. The van der Waals surface area contributed by atoms with E-state index in [2.05, 4.69) is 63.2 Å². The smallest absolute Gasteiger partial charge is 0.263 e. The van der Waals surface area contributed by atoms with Gasteiger partial charge in [0, 0.05) is 43.2 Å². The van der Waals surface area contributed by atoms with Gasteiger partial charge in [-0.05, 0) is 88.3 Å². The summed E-state index contributed by atoms with van der Waals surface area (Å²) in [6.45, 7) is 6.54. The Balaban J connectivity index is 1.06. The Morgan fingerprint density at radius 2 is 1.11 bits per heavy atom. The molecule has 1 saturated carbocycles. The molecule has 25 heteroatoms. The summed E-state index contributed by atoms with van der Waals surface area (Å²) in [7, 11) is 3.19. The summed E-state index contributed by atoms with van der Waals surface area (Å²) in [5.41, 5.74) is 6.55. The van der Waals surface area contributed by atoms with Crippen molar-refractivity contribution in [3.05, 3.63) is 60.7 Å². The SMILES string of the molecule is CN[C@@H](C)C(=O)N[C@H](C(=O)C1C[C@@H](O)C[C@H]1C(=O)Nn1nnnc1-c1ccccc1)C(C)OCCCCOC(C)[C@H](NC(=O)[C@H](C)NC)C(=O)N1C[C@@H](O)C[C@H]1C(=O)Nn1nnnc1-c1ccccc1. The molecule has 0 spiro atoms. The number of nitrogens with one attached hydrogen (secondary N) is 6. The molecule has 3 unspecified atom stereocenters. The van der Waals surface area contributed by atoms with Gasteiger partial charge in [-0.2, -0.15) is 0 Å². The molecule has 5 amide bonds. The van der Waals surface area contributed by atoms with Gasteiger partial charge in [0.2, 0.25) is 35.3 Å². The molecule has 1 aliphatic heterocycles. The van der Waals surface area contributed by atoms with Crippen molar-refractivity contribution in [3.63, 3.8) is 0 Å². The number of hydrogen-bond acceptors (Lipinski definition) is 18. The van der Waals surface area contributed by atoms with Crippen molar-refractivity contribution in [2.24, 2.45) is 11.8 Å². The molecule has 70 heavy (non-hydrogen) atoms. The van der Waals surface area contributed by atoms with E-state index in [-0.39, 0.29) is 50.7 Å². The summed E-state index contributed by atoms with van der Waals surface area (Å²) in [6, 6.07) is 12.9. The zero-order valence-corrected chi connectivity index (χ0v) is 40.0. The number of carbonyl (C=O) groups excluding carboxylic acids is 6. The number of aromatic nitrogens is 8. The van der Waals surface area contributed by atoms with Gasteiger partial charge < -0.3 is 45.9 Å². The summed E-state index contributed by atoms with van der Waals surface area (Å²) in [4.78, 5) is 85.9. The molecule has 2 fully saturated rings. The maximum atomic E-state index is 14.4. The Hall–Kier alpha value is -6.64. The van der Waals surface area contributed by atoms with Crippen molar-refractivity contribution >= 4 is 35.3 Å². The first-order valence-electron chi connectivity index (χ1n) is 23.3. The number of nitrogens with zero attached hydrogens (tertiary/aromatic N) is 9. The van der Waals surface area contributed by atoms with Gasteiger partial charge in [0.1, 0.15) is 18.1 Å². The largest absolute Gasteiger partial charge is 0.393 e. The Morgan fingerprint density at radius 3 is 1.63 bits per heavy atom. The molecule has 3 heterocycles. The lowest BCUT2D eigenvalue weighted by Gasteiger charge is -2.32. The number of hydrogen-bond donors (Lipinski definition) is 8. The third-order valence-electron chi connectivity index (χ3n) is 12.6. The lowest BCUT2D eigenvalue weighted by molar-refractivity contribution is -0.144. The third-order valence-corrected chi connectivity index (χ3v) is 12.6. The molecule has 4 aromatic rings. The van der Waals surface area contributed by atoms with E-state index in [4.69, 9.17) is 9.47 Å². The number of amides is 5. The van der Waals surface area contributed by atoms with Gasteiger partial charge in [-0.15, -0.1) is 19.8 Å². The average Bonchev–Trinajstić information content (AvgIpc) is 4.20. The molecule has 0 bridgehead atoms. The highest BCUT2D eigenvalue weighted by atomic mass is 16.5. The van der Waals surface area contributed by atoms with E-state index in [0.29, 0.717) is 24.0 Å². The fraction of sp³-hybridized carbons (Fsp3) is 0.556. The average molecular weight is 974 g/mol. The molecule has 2 aromatic heterocycles. The van der Waals surface area contributed by atoms with Gasteiger partial charge in [-0.25, -0.2) is 10.9 Å². The highest BCUT2D eigenvalue weighted by Gasteiger charge is 2.47. The predicted octanol–water partition coefficient (Wildman–Crippen LogP) is -1.47. The normalized spacial score (nSPS) is 21.5. The zero-order valence-electron chi connectivity index (χ0n) is 40.0. The maximum absolute atomic E-state index is 14.4. The number of rotatable bonds is 24. The van der Waals surface area contributed by atoms with E-state index >= 15 is 0 Å². The molecule has 0 radical (unpaired) electrons. The number of carbonyl (C=O) groups is 6. The van der Waals surface area contributed by atoms with E-state index in [1.165, 1.54) is 4.90 Å². The number of unbranched alkanes of at least 4 members (excludes halogenated alkanes) is 1. The molecule has 2 aliphatic rings. The van der Waals surface area contributed by atoms with Crippen molar-refractivity contribution in [2.45, 2.75) is 114 Å². The number of β-amino-alcohol motifs (C(OH)–C–C–N with tert-alkyl or cyclic N) is 1. The number of benzene rings is 2. The molecule has 6 rings (SSSR count). The third kappa shape index (κ3) is 13.2. The standard InChI is InChI=1S/C45H63N15O10/c1-25(46-5)41(64)48-36(38(63)33-21-31(61)22-34(33)43(66)52-59-39(50-54-56-59)29-15-9-7-10-16-29)27(3)69-19-13-14-20-70-28(4)37(49-42(65)26(2)47-6)45(68)58-24-32(62)23-35(58)44(67)53-60-40(51-55-57-60)30-17-11-8-12-18-30/h7-12,15-18,25-28,31-37,46-47,61-62H,13-14,19-24H2,1-6H3,(H,48,64)(H,49,65)(H,52,66)(H,53,67)/t25-,26-,27?,28?,31+,32-,33?,34+,35-,36-,37-/m0/s1. The summed E-state index contributed by atoms with van der Waals surface area (Å²) in [6.07, 6.45) is -3.07. The van der Waals surface area contributed by atoms with E-state index in [1.807, 2.05) is 12.1 Å². The summed E-state index contributed by atoms with van der Waals surface area (Å²) in [5, 5.41) is 55.8. The van der Waals surface area contributed by atoms with Gasteiger partial charge in [0.15, 0.2) is 5.78 Å². The molecule has 378 valence electrons. The predicted molar refractivity (Wildman–Crippen MR) is 250 cm³/mol. The number of likely N-dealkylation sites (tertiary alicyclic amines) is 1. The van der Waals surface area contributed by atoms with E-state index in [0.717, 1.165) is 9.58 Å². The Bertz CT molecular complexity index is 2230. The molecular weight excluding hydrogens is 911 g/mol. The van der Waals surface area contributed by atoms with Crippen LogP contribution in [0.1, 0.15) is 59.8 Å². The van der Waals surface area contributed by atoms with Crippen LogP contribution in [0.15, 0.2) is 60.7 Å². The fourth-order valence-electron chi connectivity index (χ4n) is 8.31. The number of ketones is 1. The minimum Gasteiger partial charge on any atom is -0.393 e. The highest BCUT2D eigenvalue weighted by molar-refractivity contribution is 5.98. The highest BCUT2D eigenvalue weighted by Crippen LogP contribution is 2.35. The molecule has 11 atom stereocenters. The number of ether oxygens (including phenoxy) is 2. The van der Waals surface area contributed by atoms with Crippen LogP contribution in [0.2, 0.25) is 0 Å². The van der Waals surface area contributed by atoms with Gasteiger partial charge in [-0.3, -0.25) is 28.8 Å². The second kappa shape index (κ2) is 24.8. The Kier molecular flexibility index (Phi) is 18.7. The number of likely N-dealkylation sites (N-methyl/N-ethyl adjacent to an activating group) is 2. The summed E-state index contributed by atoms with van der Waals surface area (Å²) < 4.78 is 12.2. The lowest BCUT2D eigenvalue weighted by Crippen LogP contribution is -2.59. The first-order chi connectivity index (χ1) is 33.6. The molecule has 25 nitrogen and oxygen atoms in total. The Morgan fingerprint density at radius 1 is 0.643 bits per heavy atom. The van der Waals surface area contributed by atoms with Crippen molar-refractivity contribution in [1.82, 2.24) is 66.8 Å². The van der Waals surface area contributed by atoms with Gasteiger partial charge in [0.25, 0.3) is 5.91 Å². The number of aliphatic hydroxyl groups excluding tert-OH is 2. The van der Waals surface area contributed by atoms with Crippen LogP contribution < -0.4 is 32.1 Å². The van der Waals surface area contributed by atoms with Crippen molar-refractivity contribution in [2.75, 3.05) is 44.7 Å². The van der Waals surface area contributed by atoms with E-state index in [1.54, 1.807) is 90.3 Å². The quantitative estimate of drug-likeness (QED) is 0.0372. The fourth-order valence-corrected chi connectivity index (χ4v) is 8.31. The van der Waals surface area contributed by atoms with E-state index < -0.39 is 102 Å². The van der Waals surface area contributed by atoms with Crippen LogP contribution in [0.3, 0.4) is 0 Å². The van der Waals surface area contributed by atoms with Crippen molar-refractivity contribution in [1.29, 1.82) is 0 Å². The topological polar surface area (TPSA) is 324 Å². The Labute approximate surface area is 404 Å². The van der Waals surface area contributed by atoms with Crippen LogP contribution in [0.25, 0.3) is 22.8 Å². The van der Waals surface area contributed by atoms with Crippen molar-refractivity contribution in [3.8, 4) is 22.8 Å². The maximum Gasteiger partial charge on any atom is 0.263 e. The monoisotopic (exact) mass is 973 g/mol. The lowest BCUT2D eigenvalue weighted by atomic mass is 9.86.